The van der Waals surface area contributed by atoms with E-state index in [9.17, 15) is 9.59 Å². The van der Waals surface area contributed by atoms with E-state index in [0.29, 0.717) is 46.2 Å². The zero-order valence-corrected chi connectivity index (χ0v) is 25.3. The van der Waals surface area contributed by atoms with Crippen LogP contribution < -0.4 is 10.9 Å². The Bertz CT molecular complexity index is 1500. The summed E-state index contributed by atoms with van der Waals surface area (Å²) in [5, 5.41) is 3.58. The summed E-state index contributed by atoms with van der Waals surface area (Å²) in [5.41, 5.74) is 2.85. The van der Waals surface area contributed by atoms with Gasteiger partial charge in [-0.05, 0) is 83.6 Å². The van der Waals surface area contributed by atoms with E-state index in [0.717, 1.165) is 55.1 Å². The summed E-state index contributed by atoms with van der Waals surface area (Å²) in [6, 6.07) is 7.55. The number of likely N-dealkylation sites (tertiary alicyclic amines) is 1. The van der Waals surface area contributed by atoms with Crippen LogP contribution in [0.1, 0.15) is 78.8 Å². The summed E-state index contributed by atoms with van der Waals surface area (Å²) in [6.07, 6.45) is 9.74. The summed E-state index contributed by atoms with van der Waals surface area (Å²) in [7, 11) is 0. The number of aryl methyl sites for hydroxylation is 1. The van der Waals surface area contributed by atoms with Gasteiger partial charge in [-0.2, -0.15) is 0 Å². The Balaban J connectivity index is 1.18. The third-order valence-electron chi connectivity index (χ3n) is 9.46. The summed E-state index contributed by atoms with van der Waals surface area (Å²) < 4.78 is 23.5. The third kappa shape index (κ3) is 5.60. The molecule has 2 N–H and O–H groups in total. The molecule has 6 rings (SSSR count). The number of hydrogen-bond donors (Lipinski definition) is 2. The highest BCUT2D eigenvalue weighted by Gasteiger charge is 2.39. The molecule has 0 bridgehead atoms. The van der Waals surface area contributed by atoms with E-state index < -0.39 is 0 Å². The Morgan fingerprint density at radius 3 is 2.56 bits per heavy atom. The molecule has 3 aromatic rings. The predicted octanol–water partition coefficient (Wildman–Crippen LogP) is 5.72. The molecule has 1 atom stereocenters. The molecule has 0 spiro atoms. The van der Waals surface area contributed by atoms with Crippen molar-refractivity contribution in [1.29, 1.82) is 0 Å². The minimum absolute atomic E-state index is 0.0577. The average Bonchev–Trinajstić information content (AvgIpc) is 3.70. The second-order valence-electron chi connectivity index (χ2n) is 12.2. The van der Waals surface area contributed by atoms with Gasteiger partial charge in [-0.15, -0.1) is 11.8 Å². The van der Waals surface area contributed by atoms with Crippen LogP contribution in [0.5, 0.6) is 0 Å². The van der Waals surface area contributed by atoms with Gasteiger partial charge in [0.15, 0.2) is 0 Å². The van der Waals surface area contributed by atoms with Crippen LogP contribution in [-0.2, 0) is 11.3 Å². The largest absolute Gasteiger partial charge is 0.372 e. The van der Waals surface area contributed by atoms with Crippen molar-refractivity contribution >= 4 is 28.6 Å². The van der Waals surface area contributed by atoms with E-state index in [-0.39, 0.29) is 29.9 Å². The van der Waals surface area contributed by atoms with Gasteiger partial charge in [-0.1, -0.05) is 12.1 Å². The van der Waals surface area contributed by atoms with E-state index in [4.69, 9.17) is 4.74 Å². The zero-order valence-electron chi connectivity index (χ0n) is 24.5. The van der Waals surface area contributed by atoms with Gasteiger partial charge in [-0.25, -0.2) is 4.39 Å². The summed E-state index contributed by atoms with van der Waals surface area (Å²) in [5.74, 6) is -0.196. The lowest BCUT2D eigenvalue weighted by Crippen LogP contribution is -2.57. The quantitative estimate of drug-likeness (QED) is 0.317. The van der Waals surface area contributed by atoms with E-state index in [1.54, 1.807) is 6.07 Å². The first kappa shape index (κ1) is 28.5. The first-order chi connectivity index (χ1) is 19.7. The highest BCUT2D eigenvalue weighted by Crippen LogP contribution is 2.40. The maximum atomic E-state index is 15.4. The molecule has 1 amide bonds. The number of thioether (sulfide) groups is 1. The lowest BCUT2D eigenvalue weighted by Gasteiger charge is -2.47. The Morgan fingerprint density at radius 1 is 1.15 bits per heavy atom. The molecule has 9 heteroatoms. The van der Waals surface area contributed by atoms with Crippen LogP contribution >= 0.6 is 11.8 Å². The first-order valence-corrected chi connectivity index (χ1v) is 16.2. The molecule has 0 radical (unpaired) electrons. The van der Waals surface area contributed by atoms with Gasteiger partial charge in [-0.3, -0.25) is 14.5 Å². The number of fused-ring (bicyclic) bond motifs is 1. The number of aromatic nitrogens is 2. The molecule has 1 unspecified atom stereocenters. The first-order valence-electron chi connectivity index (χ1n) is 15.0. The highest BCUT2D eigenvalue weighted by atomic mass is 32.2. The molecule has 2 aromatic heterocycles. The van der Waals surface area contributed by atoms with Gasteiger partial charge in [0.2, 0.25) is 0 Å². The van der Waals surface area contributed by atoms with E-state index in [2.05, 4.69) is 26.7 Å². The Kier molecular flexibility index (Phi) is 8.04. The molecule has 2 saturated carbocycles. The van der Waals surface area contributed by atoms with Crippen LogP contribution in [0, 0.1) is 25.6 Å². The van der Waals surface area contributed by atoms with Crippen LogP contribution in [0.4, 0.5) is 4.39 Å². The van der Waals surface area contributed by atoms with Crippen molar-refractivity contribution in [3.8, 4) is 0 Å². The molecule has 1 aromatic carbocycles. The van der Waals surface area contributed by atoms with Crippen LogP contribution in [0.2, 0.25) is 0 Å². The number of nitrogens with zero attached hydrogens (tertiary/aromatic N) is 2. The SMILES string of the molecule is CSc1cc(C)[nH]c(=O)c1CNC(=O)c1c(C)n(C(C)C2CCC(N3CC(OC4CC4)C3)CC2)c2c(F)cccc12. The van der Waals surface area contributed by atoms with Crippen LogP contribution in [0.15, 0.2) is 34.0 Å². The third-order valence-corrected chi connectivity index (χ3v) is 10.3. The van der Waals surface area contributed by atoms with Gasteiger partial charge in [0, 0.05) is 59.0 Å². The van der Waals surface area contributed by atoms with Gasteiger partial charge in [0.1, 0.15) is 5.82 Å². The normalized spacial score (nSPS) is 22.6. The topological polar surface area (TPSA) is 79.4 Å². The number of para-hydroxylation sites is 1. The van der Waals surface area contributed by atoms with Crippen molar-refractivity contribution in [1.82, 2.24) is 19.8 Å². The van der Waals surface area contributed by atoms with Gasteiger partial charge in [0.05, 0.1) is 23.3 Å². The van der Waals surface area contributed by atoms with Gasteiger partial charge < -0.3 is 19.6 Å². The summed E-state index contributed by atoms with van der Waals surface area (Å²) in [6.45, 7) is 8.15. The molecular weight excluding hydrogens is 539 g/mol. The molecule has 41 heavy (non-hydrogen) atoms. The van der Waals surface area contributed by atoms with Crippen LogP contribution in [0.25, 0.3) is 10.9 Å². The lowest BCUT2D eigenvalue weighted by atomic mass is 9.80. The Labute approximate surface area is 245 Å². The smallest absolute Gasteiger partial charge is 0.254 e. The maximum absolute atomic E-state index is 15.4. The molecule has 3 heterocycles. The Hall–Kier alpha value is -2.62. The second kappa shape index (κ2) is 11.6. The minimum Gasteiger partial charge on any atom is -0.372 e. The standard InChI is InChI=1S/C32H41FN4O3S/c1-18-14-28(41-4)26(31(38)35-18)15-34-32(39)29-20(3)37(30-25(29)6-5-7-27(30)33)19(2)21-8-10-22(11-9-21)36-16-24(17-36)40-23-12-13-23/h5-7,14,19,21-24H,8-13,15-17H2,1-4H3,(H,34,39)(H,35,38). The molecular formula is C32H41FN4O3S. The molecule has 220 valence electrons. The van der Waals surface area contributed by atoms with Crippen molar-refractivity contribution < 1.29 is 13.9 Å². The van der Waals surface area contributed by atoms with Crippen molar-refractivity contribution in [2.24, 2.45) is 5.92 Å². The number of benzene rings is 1. The van der Waals surface area contributed by atoms with Crippen molar-refractivity contribution in [2.45, 2.75) is 95.0 Å². The van der Waals surface area contributed by atoms with E-state index in [1.807, 2.05) is 32.2 Å². The molecule has 3 aliphatic rings. The van der Waals surface area contributed by atoms with E-state index >= 15 is 4.39 Å². The van der Waals surface area contributed by atoms with Crippen LogP contribution in [0.3, 0.4) is 0 Å². The minimum atomic E-state index is -0.313. The number of H-pyrrole nitrogens is 1. The maximum Gasteiger partial charge on any atom is 0.254 e. The summed E-state index contributed by atoms with van der Waals surface area (Å²) >= 11 is 1.48. The molecule has 2 aliphatic carbocycles. The number of halogens is 1. The second-order valence-corrected chi connectivity index (χ2v) is 13.0. The number of rotatable bonds is 9. The highest BCUT2D eigenvalue weighted by molar-refractivity contribution is 7.98. The monoisotopic (exact) mass is 580 g/mol. The number of carbonyl (C=O) groups is 1. The van der Waals surface area contributed by atoms with Crippen molar-refractivity contribution in [2.75, 3.05) is 19.3 Å². The number of carbonyl (C=O) groups excluding carboxylic acids is 1. The van der Waals surface area contributed by atoms with Crippen LogP contribution in [-0.4, -0.2) is 58.0 Å². The number of aromatic amines is 1. The lowest BCUT2D eigenvalue weighted by molar-refractivity contribution is -0.0864. The average molecular weight is 581 g/mol. The predicted molar refractivity (Wildman–Crippen MR) is 161 cm³/mol. The van der Waals surface area contributed by atoms with Crippen molar-refractivity contribution in [3.05, 3.63) is 63.0 Å². The van der Waals surface area contributed by atoms with E-state index in [1.165, 1.54) is 30.7 Å². The fourth-order valence-electron chi connectivity index (χ4n) is 7.02. The van der Waals surface area contributed by atoms with Gasteiger partial charge >= 0.3 is 0 Å². The Morgan fingerprint density at radius 2 is 1.88 bits per heavy atom. The fourth-order valence-corrected chi connectivity index (χ4v) is 7.73. The zero-order chi connectivity index (χ0) is 28.8. The molecule has 3 fully saturated rings. The molecule has 1 aliphatic heterocycles. The number of amides is 1. The van der Waals surface area contributed by atoms with Crippen molar-refractivity contribution in [3.63, 3.8) is 0 Å². The number of hydrogen-bond acceptors (Lipinski definition) is 5. The number of ether oxygens (including phenoxy) is 1. The fraction of sp³-hybridized carbons (Fsp3) is 0.562. The molecule has 7 nitrogen and oxygen atoms in total. The molecule has 1 saturated heterocycles. The number of pyridine rings is 1. The van der Waals surface area contributed by atoms with Gasteiger partial charge in [0.25, 0.3) is 11.5 Å². The summed E-state index contributed by atoms with van der Waals surface area (Å²) in [4.78, 5) is 32.5. The number of nitrogens with one attached hydrogen (secondary N) is 2.